The van der Waals surface area contributed by atoms with Gasteiger partial charge in [-0.3, -0.25) is 4.99 Å². The summed E-state index contributed by atoms with van der Waals surface area (Å²) in [7, 11) is 0. The minimum atomic E-state index is 0.301. The highest BCUT2D eigenvalue weighted by Crippen LogP contribution is 2.32. The van der Waals surface area contributed by atoms with Gasteiger partial charge in [0.15, 0.2) is 0 Å². The van der Waals surface area contributed by atoms with Gasteiger partial charge in [-0.1, -0.05) is 19.4 Å². The van der Waals surface area contributed by atoms with Gasteiger partial charge in [0.05, 0.1) is 11.9 Å². The number of hydrogen-bond donors (Lipinski definition) is 1. The zero-order chi connectivity index (χ0) is 10.7. The molecule has 1 aromatic rings. The van der Waals surface area contributed by atoms with Gasteiger partial charge >= 0.3 is 0 Å². The summed E-state index contributed by atoms with van der Waals surface area (Å²) in [6.07, 6.45) is 4.73. The van der Waals surface area contributed by atoms with E-state index in [2.05, 4.69) is 29.4 Å². The van der Waals surface area contributed by atoms with E-state index in [0.29, 0.717) is 12.0 Å². The number of aliphatic imine (C=N–C) groups is 1. The van der Waals surface area contributed by atoms with E-state index in [1.54, 1.807) is 11.3 Å². The molecule has 1 aromatic heterocycles. The molecule has 1 saturated carbocycles. The Morgan fingerprint density at radius 1 is 1.67 bits per heavy atom. The van der Waals surface area contributed by atoms with Crippen molar-refractivity contribution in [2.75, 3.05) is 0 Å². The second-order valence-electron chi connectivity index (χ2n) is 4.15. The van der Waals surface area contributed by atoms with Crippen LogP contribution < -0.4 is 5.73 Å². The lowest BCUT2D eigenvalue weighted by molar-refractivity contribution is 0.647. The molecular formula is C12H18N2S. The van der Waals surface area contributed by atoms with Crippen molar-refractivity contribution >= 4 is 17.2 Å². The van der Waals surface area contributed by atoms with Gasteiger partial charge in [-0.2, -0.15) is 0 Å². The SMILES string of the molecule is CCCC(N=C(N)C1CC1)c1cccs1. The summed E-state index contributed by atoms with van der Waals surface area (Å²) in [5, 5.41) is 2.11. The lowest BCUT2D eigenvalue weighted by Crippen LogP contribution is -2.15. The number of thiophene rings is 1. The fraction of sp³-hybridized carbons (Fsp3) is 0.583. The molecule has 0 aromatic carbocycles. The second kappa shape index (κ2) is 4.79. The minimum absolute atomic E-state index is 0.301. The molecule has 1 unspecified atom stereocenters. The third kappa shape index (κ3) is 2.81. The number of rotatable bonds is 5. The molecule has 1 aliphatic carbocycles. The topological polar surface area (TPSA) is 38.4 Å². The zero-order valence-electron chi connectivity index (χ0n) is 9.15. The summed E-state index contributed by atoms with van der Waals surface area (Å²) in [5.41, 5.74) is 5.97. The largest absolute Gasteiger partial charge is 0.387 e. The van der Waals surface area contributed by atoms with Gasteiger partial charge in [0, 0.05) is 10.8 Å². The average molecular weight is 222 g/mol. The molecule has 1 atom stereocenters. The van der Waals surface area contributed by atoms with E-state index in [0.717, 1.165) is 18.7 Å². The number of hydrogen-bond acceptors (Lipinski definition) is 2. The molecule has 1 aliphatic rings. The van der Waals surface area contributed by atoms with E-state index in [9.17, 15) is 0 Å². The molecule has 15 heavy (non-hydrogen) atoms. The first kappa shape index (κ1) is 10.7. The first-order valence-corrected chi connectivity index (χ1v) is 6.55. The zero-order valence-corrected chi connectivity index (χ0v) is 9.96. The van der Waals surface area contributed by atoms with Crippen LogP contribution in [-0.4, -0.2) is 5.84 Å². The molecular weight excluding hydrogens is 204 g/mol. The summed E-state index contributed by atoms with van der Waals surface area (Å²) in [4.78, 5) is 6.02. The highest BCUT2D eigenvalue weighted by Gasteiger charge is 2.26. The summed E-state index contributed by atoms with van der Waals surface area (Å²) < 4.78 is 0. The Bertz CT molecular complexity index is 325. The molecule has 1 fully saturated rings. The van der Waals surface area contributed by atoms with Crippen molar-refractivity contribution in [2.24, 2.45) is 16.6 Å². The predicted molar refractivity (Wildman–Crippen MR) is 66.3 cm³/mol. The third-order valence-corrected chi connectivity index (χ3v) is 3.71. The van der Waals surface area contributed by atoms with Crippen LogP contribution in [0.4, 0.5) is 0 Å². The van der Waals surface area contributed by atoms with Crippen molar-refractivity contribution in [2.45, 2.75) is 38.6 Å². The van der Waals surface area contributed by atoms with Crippen LogP contribution in [-0.2, 0) is 0 Å². The molecule has 0 aliphatic heterocycles. The standard InChI is InChI=1S/C12H18N2S/c1-2-4-10(11-5-3-8-15-11)14-12(13)9-6-7-9/h3,5,8-10H,2,4,6-7H2,1H3,(H2,13,14). The van der Waals surface area contributed by atoms with Gasteiger partial charge in [0.1, 0.15) is 0 Å². The highest BCUT2D eigenvalue weighted by molar-refractivity contribution is 7.10. The monoisotopic (exact) mass is 222 g/mol. The van der Waals surface area contributed by atoms with Gasteiger partial charge in [-0.25, -0.2) is 0 Å². The molecule has 2 rings (SSSR count). The van der Waals surface area contributed by atoms with Crippen LogP contribution in [0.25, 0.3) is 0 Å². The molecule has 2 N–H and O–H groups in total. The Hall–Kier alpha value is -0.830. The molecule has 0 spiro atoms. The Kier molecular flexibility index (Phi) is 3.41. The maximum atomic E-state index is 5.97. The van der Waals surface area contributed by atoms with E-state index in [1.165, 1.54) is 17.7 Å². The number of nitrogens with two attached hydrogens (primary N) is 1. The van der Waals surface area contributed by atoms with Gasteiger partial charge < -0.3 is 5.73 Å². The Labute approximate surface area is 95.2 Å². The van der Waals surface area contributed by atoms with Crippen LogP contribution in [0.2, 0.25) is 0 Å². The van der Waals surface area contributed by atoms with Crippen LogP contribution in [0.15, 0.2) is 22.5 Å². The molecule has 0 radical (unpaired) electrons. The molecule has 0 amide bonds. The van der Waals surface area contributed by atoms with E-state index < -0.39 is 0 Å². The normalized spacial score (nSPS) is 19.1. The smallest absolute Gasteiger partial charge is 0.0976 e. The van der Waals surface area contributed by atoms with E-state index in [1.807, 2.05) is 0 Å². The van der Waals surface area contributed by atoms with Gasteiger partial charge in [-0.15, -0.1) is 11.3 Å². The molecule has 82 valence electrons. The molecule has 1 heterocycles. The Morgan fingerprint density at radius 2 is 2.47 bits per heavy atom. The van der Waals surface area contributed by atoms with Gasteiger partial charge in [0.2, 0.25) is 0 Å². The summed E-state index contributed by atoms with van der Waals surface area (Å²) >= 11 is 1.78. The van der Waals surface area contributed by atoms with Crippen LogP contribution in [0.5, 0.6) is 0 Å². The highest BCUT2D eigenvalue weighted by atomic mass is 32.1. The van der Waals surface area contributed by atoms with Crippen LogP contribution >= 0.6 is 11.3 Å². The number of nitrogens with zero attached hydrogens (tertiary/aromatic N) is 1. The number of amidine groups is 1. The molecule has 2 nitrogen and oxygen atoms in total. The van der Waals surface area contributed by atoms with Crippen molar-refractivity contribution in [1.82, 2.24) is 0 Å². The van der Waals surface area contributed by atoms with Crippen LogP contribution in [0, 0.1) is 5.92 Å². The first-order chi connectivity index (χ1) is 7.31. The van der Waals surface area contributed by atoms with E-state index >= 15 is 0 Å². The second-order valence-corrected chi connectivity index (χ2v) is 5.13. The Morgan fingerprint density at radius 3 is 3.00 bits per heavy atom. The Balaban J connectivity index is 2.08. The maximum Gasteiger partial charge on any atom is 0.0976 e. The fourth-order valence-electron chi connectivity index (χ4n) is 1.69. The van der Waals surface area contributed by atoms with Crippen molar-refractivity contribution in [3.8, 4) is 0 Å². The van der Waals surface area contributed by atoms with Crippen LogP contribution in [0.1, 0.15) is 43.5 Å². The van der Waals surface area contributed by atoms with Gasteiger partial charge in [-0.05, 0) is 30.7 Å². The molecule has 0 bridgehead atoms. The van der Waals surface area contributed by atoms with Crippen molar-refractivity contribution in [3.05, 3.63) is 22.4 Å². The molecule has 0 saturated heterocycles. The maximum absolute atomic E-state index is 5.97. The lowest BCUT2D eigenvalue weighted by atomic mass is 10.1. The van der Waals surface area contributed by atoms with E-state index in [4.69, 9.17) is 5.73 Å². The summed E-state index contributed by atoms with van der Waals surface area (Å²) in [6.45, 7) is 2.20. The van der Waals surface area contributed by atoms with Crippen molar-refractivity contribution in [3.63, 3.8) is 0 Å². The fourth-order valence-corrected chi connectivity index (χ4v) is 2.49. The quantitative estimate of drug-likeness (QED) is 0.602. The third-order valence-electron chi connectivity index (χ3n) is 2.73. The minimum Gasteiger partial charge on any atom is -0.387 e. The predicted octanol–water partition coefficient (Wildman–Crippen LogP) is 3.36. The van der Waals surface area contributed by atoms with Gasteiger partial charge in [0.25, 0.3) is 0 Å². The summed E-state index contributed by atoms with van der Waals surface area (Å²) in [6, 6.07) is 4.55. The summed E-state index contributed by atoms with van der Waals surface area (Å²) in [5.74, 6) is 1.46. The lowest BCUT2D eigenvalue weighted by Gasteiger charge is -2.10. The average Bonchev–Trinajstić information content (AvgIpc) is 2.94. The molecule has 3 heteroatoms. The van der Waals surface area contributed by atoms with E-state index in [-0.39, 0.29) is 0 Å². The van der Waals surface area contributed by atoms with Crippen LogP contribution in [0.3, 0.4) is 0 Å². The first-order valence-electron chi connectivity index (χ1n) is 5.67. The van der Waals surface area contributed by atoms with Crippen molar-refractivity contribution < 1.29 is 0 Å². The van der Waals surface area contributed by atoms with Crippen molar-refractivity contribution in [1.29, 1.82) is 0 Å².